The van der Waals surface area contributed by atoms with Crippen molar-refractivity contribution in [3.8, 4) is 20.9 Å². The summed E-state index contributed by atoms with van der Waals surface area (Å²) in [5, 5.41) is 1.05. The minimum absolute atomic E-state index is 0.274. The molecule has 0 atom stereocenters. The van der Waals surface area contributed by atoms with Gasteiger partial charge in [0.1, 0.15) is 0 Å². The molecule has 1 aliphatic heterocycles. The van der Waals surface area contributed by atoms with Crippen LogP contribution in [-0.4, -0.2) is 28.7 Å². The molecule has 0 bridgehead atoms. The standard InChI is InChI=1S/C15H11N5S3Se/c1-6-3-4-8(21-6)10-12-13(18-23-17-12)11(9-5-16-7(2)22-9)15-14(10)19-24-20-15/h3-5,24H,1-2H3,(H,19,20). The molecule has 120 valence electrons. The Kier molecular flexibility index (Phi) is 3.39. The molecule has 0 fully saturated rings. The third-order valence-corrected chi connectivity index (χ3v) is 7.64. The summed E-state index contributed by atoms with van der Waals surface area (Å²) < 4.78 is 17.6. The van der Waals surface area contributed by atoms with Crippen LogP contribution in [0.2, 0.25) is 0 Å². The zero-order chi connectivity index (χ0) is 16.3. The Bertz CT molecular complexity index is 1120. The predicted molar refractivity (Wildman–Crippen MR) is 104 cm³/mol. The van der Waals surface area contributed by atoms with E-state index in [4.69, 9.17) is 3.96 Å². The Balaban J connectivity index is 1.91. The first-order valence-electron chi connectivity index (χ1n) is 7.21. The molecule has 1 aromatic carbocycles. The first-order valence-corrected chi connectivity index (χ1v) is 11.3. The fourth-order valence-electron chi connectivity index (χ4n) is 2.84. The van der Waals surface area contributed by atoms with Crippen molar-refractivity contribution in [2.45, 2.75) is 13.8 Å². The Labute approximate surface area is 156 Å². The zero-order valence-corrected chi connectivity index (χ0v) is 17.0. The number of thiazole rings is 1. The molecule has 1 N–H and O–H groups in total. The quantitative estimate of drug-likeness (QED) is 0.461. The Morgan fingerprint density at radius 1 is 1.00 bits per heavy atom. The molecular weight excluding hydrogens is 425 g/mol. The van der Waals surface area contributed by atoms with Gasteiger partial charge in [-0.25, -0.2) is 0 Å². The van der Waals surface area contributed by atoms with Crippen molar-refractivity contribution in [2.75, 3.05) is 4.33 Å². The van der Waals surface area contributed by atoms with Gasteiger partial charge in [0.25, 0.3) is 0 Å². The van der Waals surface area contributed by atoms with Crippen molar-refractivity contribution in [2.24, 2.45) is 3.96 Å². The van der Waals surface area contributed by atoms with Gasteiger partial charge in [-0.3, -0.25) is 0 Å². The van der Waals surface area contributed by atoms with E-state index in [9.17, 15) is 0 Å². The second-order valence-electron chi connectivity index (χ2n) is 5.40. The Hall–Kier alpha value is -1.51. The molecule has 4 aromatic rings. The summed E-state index contributed by atoms with van der Waals surface area (Å²) >= 11 is 4.46. The molecule has 3 aromatic heterocycles. The molecule has 24 heavy (non-hydrogen) atoms. The van der Waals surface area contributed by atoms with Crippen LogP contribution in [0.1, 0.15) is 9.88 Å². The first kappa shape index (κ1) is 14.8. The molecule has 4 heterocycles. The van der Waals surface area contributed by atoms with Crippen LogP contribution in [0.15, 0.2) is 22.3 Å². The molecule has 9 heteroatoms. The number of anilines is 1. The first-order chi connectivity index (χ1) is 11.7. The summed E-state index contributed by atoms with van der Waals surface area (Å²) in [5.74, 6) is 0. The number of hydrogen-bond donors (Lipinski definition) is 1. The average molecular weight is 436 g/mol. The fourth-order valence-corrected chi connectivity index (χ4v) is 6.55. The number of nitrogens with one attached hydrogen (secondary N) is 1. The normalized spacial score (nSPS) is 13.1. The van der Waals surface area contributed by atoms with Crippen LogP contribution in [0.5, 0.6) is 0 Å². The van der Waals surface area contributed by atoms with E-state index in [-0.39, 0.29) is 15.0 Å². The SMILES string of the molecule is Cc1ccc(-c2c3c(c(-c4cnc(C)s4)c4nsnc24)N=[SeH]N3)s1. The Morgan fingerprint density at radius 2 is 1.83 bits per heavy atom. The number of hydrogen-bond acceptors (Lipinski definition) is 8. The monoisotopic (exact) mass is 437 g/mol. The summed E-state index contributed by atoms with van der Waals surface area (Å²) in [4.78, 5) is 8.04. The molecule has 0 aliphatic carbocycles. The summed E-state index contributed by atoms with van der Waals surface area (Å²) in [6, 6.07) is 4.32. The van der Waals surface area contributed by atoms with Gasteiger partial charge in [-0.05, 0) is 0 Å². The van der Waals surface area contributed by atoms with Crippen LogP contribution in [-0.2, 0) is 0 Å². The van der Waals surface area contributed by atoms with Gasteiger partial charge < -0.3 is 0 Å². The third-order valence-electron chi connectivity index (χ3n) is 3.85. The van der Waals surface area contributed by atoms with Gasteiger partial charge in [-0.15, -0.1) is 0 Å². The molecule has 0 radical (unpaired) electrons. The van der Waals surface area contributed by atoms with E-state index < -0.39 is 0 Å². The van der Waals surface area contributed by atoms with E-state index in [2.05, 4.69) is 37.1 Å². The number of aryl methyl sites for hydroxylation is 2. The molecule has 0 unspecified atom stereocenters. The molecule has 1 aliphatic rings. The Morgan fingerprint density at radius 3 is 2.54 bits per heavy atom. The molecule has 0 spiro atoms. The fraction of sp³-hybridized carbons (Fsp3) is 0.133. The minimum atomic E-state index is -0.274. The van der Waals surface area contributed by atoms with Gasteiger partial charge in [0.2, 0.25) is 0 Å². The van der Waals surface area contributed by atoms with Crippen LogP contribution >= 0.6 is 34.4 Å². The molecule has 5 nitrogen and oxygen atoms in total. The number of thiophene rings is 1. The van der Waals surface area contributed by atoms with Crippen molar-refractivity contribution in [1.29, 1.82) is 0 Å². The number of fused-ring (bicyclic) bond motifs is 2. The number of nitrogens with zero attached hydrogens (tertiary/aromatic N) is 4. The average Bonchev–Trinajstić information content (AvgIpc) is 3.31. The van der Waals surface area contributed by atoms with Crippen LogP contribution < -0.4 is 4.33 Å². The summed E-state index contributed by atoms with van der Waals surface area (Å²) in [5.41, 5.74) is 6.27. The van der Waals surface area contributed by atoms with Gasteiger partial charge in [-0.1, -0.05) is 0 Å². The predicted octanol–water partition coefficient (Wildman–Crippen LogP) is 4.75. The van der Waals surface area contributed by atoms with Gasteiger partial charge in [0.05, 0.1) is 0 Å². The van der Waals surface area contributed by atoms with Crippen LogP contribution in [0, 0.1) is 13.8 Å². The number of benzene rings is 1. The maximum atomic E-state index is 4.81. The van der Waals surface area contributed by atoms with Crippen LogP contribution in [0.25, 0.3) is 31.9 Å². The third kappa shape index (κ3) is 2.13. The summed E-state index contributed by atoms with van der Waals surface area (Å²) in [6.45, 7) is 4.15. The van der Waals surface area contributed by atoms with E-state index in [1.165, 1.54) is 21.5 Å². The summed E-state index contributed by atoms with van der Waals surface area (Å²) in [6.07, 6.45) is 1.92. The van der Waals surface area contributed by atoms with Crippen molar-refractivity contribution < 1.29 is 0 Å². The molecule has 0 amide bonds. The number of rotatable bonds is 2. The van der Waals surface area contributed by atoms with Gasteiger partial charge in [0, 0.05) is 0 Å². The van der Waals surface area contributed by atoms with Gasteiger partial charge >= 0.3 is 157 Å². The zero-order valence-electron chi connectivity index (χ0n) is 12.7. The topological polar surface area (TPSA) is 63.1 Å². The van der Waals surface area contributed by atoms with E-state index >= 15 is 0 Å². The van der Waals surface area contributed by atoms with Crippen molar-refractivity contribution >= 4 is 71.8 Å². The molecule has 0 saturated heterocycles. The molecule has 5 rings (SSSR count). The molecular formula is C15H11N5S3Se. The maximum absolute atomic E-state index is 4.81. The molecule has 0 saturated carbocycles. The van der Waals surface area contributed by atoms with Crippen molar-refractivity contribution in [3.63, 3.8) is 0 Å². The second-order valence-corrected chi connectivity index (χ2v) is 9.76. The van der Waals surface area contributed by atoms with E-state index in [0.717, 1.165) is 43.4 Å². The second kappa shape index (κ2) is 5.50. The van der Waals surface area contributed by atoms with Crippen molar-refractivity contribution in [1.82, 2.24) is 13.7 Å². The van der Waals surface area contributed by atoms with Gasteiger partial charge in [0.15, 0.2) is 0 Å². The number of aromatic nitrogens is 3. The van der Waals surface area contributed by atoms with Crippen molar-refractivity contribution in [3.05, 3.63) is 28.2 Å². The summed E-state index contributed by atoms with van der Waals surface area (Å²) in [7, 11) is 0. The van der Waals surface area contributed by atoms with Crippen LogP contribution in [0.4, 0.5) is 11.4 Å². The van der Waals surface area contributed by atoms with Gasteiger partial charge in [-0.2, -0.15) is 0 Å². The van der Waals surface area contributed by atoms with E-state index in [1.54, 1.807) is 22.7 Å². The van der Waals surface area contributed by atoms with Crippen LogP contribution in [0.3, 0.4) is 0 Å². The van der Waals surface area contributed by atoms with E-state index in [0.29, 0.717) is 0 Å². The van der Waals surface area contributed by atoms with E-state index in [1.807, 2.05) is 13.1 Å².